The van der Waals surface area contributed by atoms with Gasteiger partial charge in [0.1, 0.15) is 11.1 Å². The third-order valence-electron chi connectivity index (χ3n) is 3.91. The Morgan fingerprint density at radius 1 is 1.12 bits per heavy atom. The number of carbonyl (C=O) groups excluding carboxylic acids is 1. The third-order valence-corrected chi connectivity index (χ3v) is 3.91. The quantitative estimate of drug-likeness (QED) is 0.570. The lowest BCUT2D eigenvalue weighted by Crippen LogP contribution is -2.20. The summed E-state index contributed by atoms with van der Waals surface area (Å²) in [5.41, 5.74) is 1.06. The van der Waals surface area contributed by atoms with Crippen molar-refractivity contribution < 1.29 is 9.21 Å². The molecule has 8 nitrogen and oxygen atoms in total. The van der Waals surface area contributed by atoms with E-state index in [1.807, 2.05) is 6.07 Å². The molecule has 4 rings (SSSR count). The second-order valence-electron chi connectivity index (χ2n) is 5.64. The Hall–Kier alpha value is -3.81. The molecular weight excluding hydrogens is 334 g/mol. The molecule has 0 saturated carbocycles. The van der Waals surface area contributed by atoms with E-state index in [-0.39, 0.29) is 5.56 Å². The van der Waals surface area contributed by atoms with Crippen LogP contribution < -0.4 is 10.9 Å². The van der Waals surface area contributed by atoms with Gasteiger partial charge in [0.2, 0.25) is 0 Å². The van der Waals surface area contributed by atoms with Gasteiger partial charge in [-0.1, -0.05) is 18.2 Å². The molecule has 8 heteroatoms. The SMILES string of the molecule is Cn1nnnc1-c1ccc(NC(=O)c2cc3ccccc3oc2=O)cc1. The minimum absolute atomic E-state index is 0.0507. The fourth-order valence-corrected chi connectivity index (χ4v) is 2.60. The lowest BCUT2D eigenvalue weighted by molar-refractivity contribution is 0.102. The number of rotatable bonds is 3. The Kier molecular flexibility index (Phi) is 3.77. The summed E-state index contributed by atoms with van der Waals surface area (Å²) in [6.07, 6.45) is 0. The number of tetrazole rings is 1. The minimum atomic E-state index is -0.678. The maximum Gasteiger partial charge on any atom is 0.349 e. The van der Waals surface area contributed by atoms with Gasteiger partial charge in [0.05, 0.1) is 0 Å². The predicted molar refractivity (Wildman–Crippen MR) is 94.7 cm³/mol. The smallest absolute Gasteiger partial charge is 0.349 e. The Bertz CT molecular complexity index is 1160. The molecule has 4 aromatic rings. The summed E-state index contributed by atoms with van der Waals surface area (Å²) >= 11 is 0. The molecule has 0 saturated heterocycles. The molecule has 128 valence electrons. The number of anilines is 1. The molecule has 0 radical (unpaired) electrons. The fourth-order valence-electron chi connectivity index (χ4n) is 2.60. The average molecular weight is 347 g/mol. The van der Waals surface area contributed by atoms with Crippen LogP contribution in [0.3, 0.4) is 0 Å². The van der Waals surface area contributed by atoms with E-state index in [9.17, 15) is 9.59 Å². The number of para-hydroxylation sites is 1. The van der Waals surface area contributed by atoms with E-state index in [2.05, 4.69) is 20.8 Å². The highest BCUT2D eigenvalue weighted by Crippen LogP contribution is 2.19. The van der Waals surface area contributed by atoms with Crippen molar-refractivity contribution in [1.29, 1.82) is 0 Å². The molecule has 1 amide bonds. The molecule has 1 N–H and O–H groups in total. The molecule has 2 aromatic carbocycles. The zero-order valence-electron chi connectivity index (χ0n) is 13.7. The van der Waals surface area contributed by atoms with Crippen LogP contribution in [0.2, 0.25) is 0 Å². The number of aromatic nitrogens is 4. The lowest BCUT2D eigenvalue weighted by Gasteiger charge is -2.06. The number of fused-ring (bicyclic) bond motifs is 1. The Labute approximate surface area is 147 Å². The van der Waals surface area contributed by atoms with Crippen LogP contribution in [0.4, 0.5) is 5.69 Å². The van der Waals surface area contributed by atoms with Gasteiger partial charge >= 0.3 is 5.63 Å². The highest BCUT2D eigenvalue weighted by atomic mass is 16.4. The zero-order valence-corrected chi connectivity index (χ0v) is 13.7. The summed E-state index contributed by atoms with van der Waals surface area (Å²) in [4.78, 5) is 24.5. The molecule has 26 heavy (non-hydrogen) atoms. The van der Waals surface area contributed by atoms with Gasteiger partial charge in [0, 0.05) is 23.7 Å². The molecule has 2 aromatic heterocycles. The van der Waals surface area contributed by atoms with Crippen LogP contribution in [0.5, 0.6) is 0 Å². The van der Waals surface area contributed by atoms with Gasteiger partial charge in [-0.2, -0.15) is 0 Å². The molecule has 0 fully saturated rings. The van der Waals surface area contributed by atoms with Gasteiger partial charge in [0.15, 0.2) is 5.82 Å². The van der Waals surface area contributed by atoms with Crippen LogP contribution in [0.25, 0.3) is 22.4 Å². The van der Waals surface area contributed by atoms with Crippen molar-refractivity contribution in [3.63, 3.8) is 0 Å². The number of benzene rings is 2. The summed E-state index contributed by atoms with van der Waals surface area (Å²) in [6, 6.07) is 15.5. The van der Waals surface area contributed by atoms with Crippen molar-refractivity contribution in [2.45, 2.75) is 0 Å². The first-order chi connectivity index (χ1) is 12.6. The average Bonchev–Trinajstić information content (AvgIpc) is 3.07. The molecule has 2 heterocycles. The molecule has 0 aliphatic carbocycles. The fraction of sp³-hybridized carbons (Fsp3) is 0.0556. The van der Waals surface area contributed by atoms with Crippen molar-refractivity contribution in [2.24, 2.45) is 7.05 Å². The van der Waals surface area contributed by atoms with E-state index in [0.717, 1.165) is 5.56 Å². The lowest BCUT2D eigenvalue weighted by atomic mass is 10.1. The van der Waals surface area contributed by atoms with Crippen molar-refractivity contribution in [3.05, 3.63) is 70.6 Å². The summed E-state index contributed by atoms with van der Waals surface area (Å²) in [6.45, 7) is 0. The van der Waals surface area contributed by atoms with Crippen molar-refractivity contribution in [1.82, 2.24) is 20.2 Å². The predicted octanol–water partition coefficient (Wildman–Crippen LogP) is 2.24. The first-order valence-corrected chi connectivity index (χ1v) is 7.79. The number of aryl methyl sites for hydroxylation is 1. The van der Waals surface area contributed by atoms with E-state index in [1.54, 1.807) is 54.2 Å². The number of nitrogens with zero attached hydrogens (tertiary/aromatic N) is 4. The van der Waals surface area contributed by atoms with Crippen LogP contribution in [0.1, 0.15) is 10.4 Å². The van der Waals surface area contributed by atoms with Crippen LogP contribution in [-0.4, -0.2) is 26.1 Å². The molecular formula is C18H13N5O3. The topological polar surface area (TPSA) is 103 Å². The van der Waals surface area contributed by atoms with E-state index in [0.29, 0.717) is 22.5 Å². The van der Waals surface area contributed by atoms with Gasteiger partial charge in [-0.25, -0.2) is 9.48 Å². The molecule has 0 aliphatic heterocycles. The third kappa shape index (κ3) is 2.84. The van der Waals surface area contributed by atoms with Crippen LogP contribution in [0.15, 0.2) is 63.8 Å². The molecule has 0 unspecified atom stereocenters. The molecule has 0 atom stereocenters. The van der Waals surface area contributed by atoms with Crippen LogP contribution in [-0.2, 0) is 7.05 Å². The first-order valence-electron chi connectivity index (χ1n) is 7.79. The second kappa shape index (κ2) is 6.25. The monoisotopic (exact) mass is 347 g/mol. The minimum Gasteiger partial charge on any atom is -0.422 e. The first kappa shape index (κ1) is 15.7. The highest BCUT2D eigenvalue weighted by Gasteiger charge is 2.14. The normalized spacial score (nSPS) is 10.8. The van der Waals surface area contributed by atoms with Gasteiger partial charge in [0.25, 0.3) is 5.91 Å². The maximum absolute atomic E-state index is 12.4. The van der Waals surface area contributed by atoms with Crippen molar-refractivity contribution in [2.75, 3.05) is 5.32 Å². The summed E-state index contributed by atoms with van der Waals surface area (Å²) in [5.74, 6) is 0.0793. The number of hydrogen-bond acceptors (Lipinski definition) is 6. The van der Waals surface area contributed by atoms with Gasteiger partial charge in [-0.3, -0.25) is 4.79 Å². The van der Waals surface area contributed by atoms with E-state index in [4.69, 9.17) is 4.42 Å². The second-order valence-corrected chi connectivity index (χ2v) is 5.64. The zero-order chi connectivity index (χ0) is 18.1. The van der Waals surface area contributed by atoms with Gasteiger partial charge in [-0.05, 0) is 46.8 Å². The summed E-state index contributed by atoms with van der Waals surface area (Å²) in [7, 11) is 1.74. The summed E-state index contributed by atoms with van der Waals surface area (Å²) < 4.78 is 6.74. The number of nitrogens with one attached hydrogen (secondary N) is 1. The number of carbonyl (C=O) groups is 1. The number of amides is 1. The van der Waals surface area contributed by atoms with E-state index in [1.165, 1.54) is 6.07 Å². The Morgan fingerprint density at radius 2 is 1.88 bits per heavy atom. The van der Waals surface area contributed by atoms with Crippen LogP contribution >= 0.6 is 0 Å². The standard InChI is InChI=1S/C18H13N5O3/c1-23-16(20-21-22-23)11-6-8-13(9-7-11)19-17(24)14-10-12-4-2-3-5-15(12)26-18(14)25/h2-10H,1H3,(H,19,24). The highest BCUT2D eigenvalue weighted by molar-refractivity contribution is 6.05. The molecule has 0 aliphatic rings. The summed E-state index contributed by atoms with van der Waals surface area (Å²) in [5, 5.41) is 14.7. The Morgan fingerprint density at radius 3 is 2.62 bits per heavy atom. The van der Waals surface area contributed by atoms with Crippen LogP contribution in [0, 0.1) is 0 Å². The van der Waals surface area contributed by atoms with Crippen molar-refractivity contribution >= 4 is 22.6 Å². The van der Waals surface area contributed by atoms with Gasteiger partial charge in [-0.15, -0.1) is 5.10 Å². The molecule has 0 spiro atoms. The van der Waals surface area contributed by atoms with Gasteiger partial charge < -0.3 is 9.73 Å². The van der Waals surface area contributed by atoms with Crippen molar-refractivity contribution in [3.8, 4) is 11.4 Å². The van der Waals surface area contributed by atoms with E-state index < -0.39 is 11.5 Å². The largest absolute Gasteiger partial charge is 0.422 e. The maximum atomic E-state index is 12.4. The van der Waals surface area contributed by atoms with E-state index >= 15 is 0 Å². The molecule has 0 bridgehead atoms. The Balaban J connectivity index is 1.59. The number of hydrogen-bond donors (Lipinski definition) is 1.